The van der Waals surface area contributed by atoms with Crippen LogP contribution in [0.25, 0.3) is 10.9 Å². The van der Waals surface area contributed by atoms with Gasteiger partial charge in [0.25, 0.3) is 5.91 Å². The van der Waals surface area contributed by atoms with Crippen molar-refractivity contribution in [3.8, 4) is 0 Å². The van der Waals surface area contributed by atoms with E-state index in [4.69, 9.17) is 11.6 Å². The second-order valence-electron chi connectivity index (χ2n) is 4.58. The topological polar surface area (TPSA) is 34.0 Å². The summed E-state index contributed by atoms with van der Waals surface area (Å²) in [7, 11) is 1.86. The fourth-order valence-electron chi connectivity index (χ4n) is 2.26. The average Bonchev–Trinajstić information content (AvgIpc) is 2.79. The number of rotatable bonds is 2. The summed E-state index contributed by atoms with van der Waals surface area (Å²) in [4.78, 5) is 12.3. The van der Waals surface area contributed by atoms with Gasteiger partial charge < -0.3 is 9.88 Å². The van der Waals surface area contributed by atoms with Crippen molar-refractivity contribution in [2.24, 2.45) is 7.05 Å². The summed E-state index contributed by atoms with van der Waals surface area (Å²) in [5.74, 6) is -0.147. The van der Waals surface area contributed by atoms with Gasteiger partial charge in [-0.1, -0.05) is 35.9 Å². The SMILES string of the molecule is Cn1c(C(=O)Nc2ccccc2)cc2c(Cl)cccc21. The Hall–Kier alpha value is -2.26. The van der Waals surface area contributed by atoms with Gasteiger partial charge in [-0.15, -0.1) is 0 Å². The number of aryl methyl sites for hydroxylation is 1. The fourth-order valence-corrected chi connectivity index (χ4v) is 2.48. The number of hydrogen-bond donors (Lipinski definition) is 1. The molecule has 100 valence electrons. The van der Waals surface area contributed by atoms with Gasteiger partial charge in [-0.25, -0.2) is 0 Å². The second kappa shape index (κ2) is 5.02. The Labute approximate surface area is 121 Å². The maximum absolute atomic E-state index is 12.3. The lowest BCUT2D eigenvalue weighted by Crippen LogP contribution is -2.15. The molecular formula is C16H13ClN2O. The highest BCUT2D eigenvalue weighted by Gasteiger charge is 2.14. The number of amides is 1. The van der Waals surface area contributed by atoms with Crippen LogP contribution in [0, 0.1) is 0 Å². The third kappa shape index (κ3) is 2.17. The molecule has 20 heavy (non-hydrogen) atoms. The molecule has 0 radical (unpaired) electrons. The molecule has 2 aromatic carbocycles. The smallest absolute Gasteiger partial charge is 0.272 e. The predicted octanol–water partition coefficient (Wildman–Crippen LogP) is 4.08. The van der Waals surface area contributed by atoms with E-state index < -0.39 is 0 Å². The monoisotopic (exact) mass is 284 g/mol. The summed E-state index contributed by atoms with van der Waals surface area (Å²) in [5.41, 5.74) is 2.29. The summed E-state index contributed by atoms with van der Waals surface area (Å²) >= 11 is 6.16. The molecule has 0 aliphatic carbocycles. The normalized spacial score (nSPS) is 10.7. The van der Waals surface area contributed by atoms with Crippen molar-refractivity contribution in [1.29, 1.82) is 0 Å². The van der Waals surface area contributed by atoms with E-state index >= 15 is 0 Å². The zero-order valence-electron chi connectivity index (χ0n) is 10.9. The van der Waals surface area contributed by atoms with Crippen molar-refractivity contribution < 1.29 is 4.79 Å². The van der Waals surface area contributed by atoms with Crippen molar-refractivity contribution in [1.82, 2.24) is 4.57 Å². The number of anilines is 1. The Morgan fingerprint density at radius 2 is 1.85 bits per heavy atom. The van der Waals surface area contributed by atoms with Gasteiger partial charge in [-0.05, 0) is 30.3 Å². The number of hydrogen-bond acceptors (Lipinski definition) is 1. The average molecular weight is 285 g/mol. The van der Waals surface area contributed by atoms with Crippen LogP contribution in [-0.4, -0.2) is 10.5 Å². The van der Waals surface area contributed by atoms with Crippen LogP contribution < -0.4 is 5.32 Å². The number of para-hydroxylation sites is 1. The highest BCUT2D eigenvalue weighted by atomic mass is 35.5. The third-order valence-electron chi connectivity index (χ3n) is 3.30. The minimum atomic E-state index is -0.147. The molecule has 0 aliphatic heterocycles. The fraction of sp³-hybridized carbons (Fsp3) is 0.0625. The van der Waals surface area contributed by atoms with E-state index in [0.29, 0.717) is 10.7 Å². The second-order valence-corrected chi connectivity index (χ2v) is 4.99. The zero-order chi connectivity index (χ0) is 14.1. The molecule has 1 heterocycles. The number of halogens is 1. The van der Waals surface area contributed by atoms with Crippen molar-refractivity contribution in [3.63, 3.8) is 0 Å². The Balaban J connectivity index is 2.00. The summed E-state index contributed by atoms with van der Waals surface area (Å²) < 4.78 is 1.85. The first-order chi connectivity index (χ1) is 9.66. The molecule has 3 nitrogen and oxygen atoms in total. The van der Waals surface area contributed by atoms with Crippen LogP contribution in [-0.2, 0) is 7.05 Å². The Morgan fingerprint density at radius 1 is 1.10 bits per heavy atom. The largest absolute Gasteiger partial charge is 0.340 e. The highest BCUT2D eigenvalue weighted by Crippen LogP contribution is 2.26. The van der Waals surface area contributed by atoms with Crippen LogP contribution in [0.4, 0.5) is 5.69 Å². The molecular weight excluding hydrogens is 272 g/mol. The molecule has 0 saturated carbocycles. The van der Waals surface area contributed by atoms with Gasteiger partial charge in [-0.3, -0.25) is 4.79 Å². The number of nitrogens with one attached hydrogen (secondary N) is 1. The van der Waals surface area contributed by atoms with Crippen LogP contribution in [0.5, 0.6) is 0 Å². The van der Waals surface area contributed by atoms with E-state index in [1.165, 1.54) is 0 Å². The number of benzene rings is 2. The molecule has 0 aliphatic rings. The lowest BCUT2D eigenvalue weighted by Gasteiger charge is -2.06. The van der Waals surface area contributed by atoms with Crippen LogP contribution >= 0.6 is 11.6 Å². The first-order valence-corrected chi connectivity index (χ1v) is 6.65. The molecule has 3 aromatic rings. The van der Waals surface area contributed by atoms with Crippen LogP contribution in [0.1, 0.15) is 10.5 Å². The van der Waals surface area contributed by atoms with Gasteiger partial charge in [0, 0.05) is 28.7 Å². The van der Waals surface area contributed by atoms with Crippen LogP contribution in [0.3, 0.4) is 0 Å². The van der Waals surface area contributed by atoms with Gasteiger partial charge in [0.1, 0.15) is 5.69 Å². The van der Waals surface area contributed by atoms with Gasteiger partial charge in [0.2, 0.25) is 0 Å². The molecule has 1 amide bonds. The molecule has 0 unspecified atom stereocenters. The van der Waals surface area contributed by atoms with Crippen LogP contribution in [0.15, 0.2) is 54.6 Å². The molecule has 1 aromatic heterocycles. The number of aromatic nitrogens is 1. The summed E-state index contributed by atoms with van der Waals surface area (Å²) in [6.45, 7) is 0. The van der Waals surface area contributed by atoms with Crippen LogP contribution in [0.2, 0.25) is 5.02 Å². The standard InChI is InChI=1S/C16H13ClN2O/c1-19-14-9-5-8-13(17)12(14)10-15(19)16(20)18-11-6-3-2-4-7-11/h2-10H,1H3,(H,18,20). The summed E-state index contributed by atoms with van der Waals surface area (Å²) in [6.07, 6.45) is 0. The lowest BCUT2D eigenvalue weighted by atomic mass is 10.2. The zero-order valence-corrected chi connectivity index (χ0v) is 11.7. The van der Waals surface area contributed by atoms with E-state index in [-0.39, 0.29) is 5.91 Å². The Bertz CT molecular complexity index is 778. The van der Waals surface area contributed by atoms with Crippen molar-refractivity contribution >= 4 is 34.1 Å². The molecule has 4 heteroatoms. The highest BCUT2D eigenvalue weighted by molar-refractivity contribution is 6.35. The third-order valence-corrected chi connectivity index (χ3v) is 3.63. The summed E-state index contributed by atoms with van der Waals surface area (Å²) in [5, 5.41) is 4.41. The molecule has 1 N–H and O–H groups in total. The van der Waals surface area contributed by atoms with E-state index in [1.807, 2.05) is 66.2 Å². The van der Waals surface area contributed by atoms with E-state index in [9.17, 15) is 4.79 Å². The molecule has 0 bridgehead atoms. The quantitative estimate of drug-likeness (QED) is 0.756. The van der Waals surface area contributed by atoms with Gasteiger partial charge >= 0.3 is 0 Å². The molecule has 3 rings (SSSR count). The first-order valence-electron chi connectivity index (χ1n) is 6.27. The summed E-state index contributed by atoms with van der Waals surface area (Å²) in [6, 6.07) is 16.8. The molecule has 0 spiro atoms. The minimum Gasteiger partial charge on any atom is -0.340 e. The van der Waals surface area contributed by atoms with Crippen molar-refractivity contribution in [3.05, 3.63) is 65.3 Å². The van der Waals surface area contributed by atoms with Crippen molar-refractivity contribution in [2.75, 3.05) is 5.32 Å². The minimum absolute atomic E-state index is 0.147. The van der Waals surface area contributed by atoms with Gasteiger partial charge in [-0.2, -0.15) is 0 Å². The van der Waals surface area contributed by atoms with E-state index in [0.717, 1.165) is 16.6 Å². The number of carbonyl (C=O) groups excluding carboxylic acids is 1. The molecule has 0 atom stereocenters. The van der Waals surface area contributed by atoms with E-state index in [1.54, 1.807) is 0 Å². The number of carbonyl (C=O) groups is 1. The Morgan fingerprint density at radius 3 is 2.55 bits per heavy atom. The van der Waals surface area contributed by atoms with E-state index in [2.05, 4.69) is 5.32 Å². The Kier molecular flexibility index (Phi) is 3.20. The maximum Gasteiger partial charge on any atom is 0.272 e. The lowest BCUT2D eigenvalue weighted by molar-refractivity contribution is 0.102. The van der Waals surface area contributed by atoms with Gasteiger partial charge in [0.15, 0.2) is 0 Å². The molecule has 0 fully saturated rings. The van der Waals surface area contributed by atoms with Gasteiger partial charge in [0.05, 0.1) is 0 Å². The number of nitrogens with zero attached hydrogens (tertiary/aromatic N) is 1. The predicted molar refractivity (Wildman–Crippen MR) is 82.3 cm³/mol. The number of fused-ring (bicyclic) bond motifs is 1. The first kappa shape index (κ1) is 12.8. The molecule has 0 saturated heterocycles. The van der Waals surface area contributed by atoms with Crippen molar-refractivity contribution in [2.45, 2.75) is 0 Å². The maximum atomic E-state index is 12.3.